The lowest BCUT2D eigenvalue weighted by molar-refractivity contribution is -0.137. The van der Waals surface area contributed by atoms with E-state index in [1.807, 2.05) is 19.1 Å². The molecule has 0 unspecified atom stereocenters. The summed E-state index contributed by atoms with van der Waals surface area (Å²) in [5, 5.41) is 18.5. The molecule has 1 N–H and O–H groups in total. The summed E-state index contributed by atoms with van der Waals surface area (Å²) in [6, 6.07) is 10.8. The fraction of sp³-hybridized carbons (Fsp3) is 0.500. The van der Waals surface area contributed by atoms with Crippen molar-refractivity contribution in [2.24, 2.45) is 0 Å². The van der Waals surface area contributed by atoms with Gasteiger partial charge in [0.1, 0.15) is 18.5 Å². The highest BCUT2D eigenvalue weighted by Crippen LogP contribution is 2.40. The van der Waals surface area contributed by atoms with Gasteiger partial charge in [0.25, 0.3) is 5.91 Å². The van der Waals surface area contributed by atoms with Crippen molar-refractivity contribution in [2.45, 2.75) is 63.9 Å². The number of nitriles is 1. The first-order valence-electron chi connectivity index (χ1n) is 12.6. The minimum atomic E-state index is -4.43. The van der Waals surface area contributed by atoms with Gasteiger partial charge in [-0.15, -0.1) is 0 Å². The number of aliphatic hydroxyl groups is 1. The van der Waals surface area contributed by atoms with Gasteiger partial charge in [0.05, 0.1) is 18.1 Å². The third-order valence-electron chi connectivity index (χ3n) is 7.59. The quantitative estimate of drug-likeness (QED) is 0.584. The number of piperazine rings is 1. The van der Waals surface area contributed by atoms with Gasteiger partial charge >= 0.3 is 6.18 Å². The number of carbonyl (C=O) groups excluding carboxylic acids is 1. The maximum absolute atomic E-state index is 13.1. The maximum atomic E-state index is 13.1. The molecule has 6 nitrogen and oxygen atoms in total. The molecule has 0 bridgehead atoms. The van der Waals surface area contributed by atoms with Crippen molar-refractivity contribution < 1.29 is 27.8 Å². The molecule has 0 aromatic heterocycles. The summed E-state index contributed by atoms with van der Waals surface area (Å²) in [5.74, 6) is 0.458. The van der Waals surface area contributed by atoms with E-state index in [-0.39, 0.29) is 36.6 Å². The Morgan fingerprint density at radius 2 is 1.86 bits per heavy atom. The van der Waals surface area contributed by atoms with Crippen LogP contribution in [-0.4, -0.2) is 59.2 Å². The standard InChI is InChI=1S/C28H32F3N3O3/c1-18-19(2)26(37-17-23(35)12-13-32)11-10-24(18)25-5-3-4-22-16-33(14-15-34(22)25)27(36)20-6-8-21(9-7-20)28(29,30)31/h6-11,22-23,25,35H,3-5,12,14-17H2,1-2H3/t22-,23+,25+/m0/s1. The number of rotatable bonds is 6. The number of amides is 1. The lowest BCUT2D eigenvalue weighted by atomic mass is 9.86. The Hall–Kier alpha value is -3.09. The van der Waals surface area contributed by atoms with Crippen LogP contribution in [0.1, 0.15) is 64.3 Å². The molecule has 4 rings (SSSR count). The van der Waals surface area contributed by atoms with Crippen molar-refractivity contribution in [3.8, 4) is 11.8 Å². The third kappa shape index (κ3) is 5.91. The summed E-state index contributed by atoms with van der Waals surface area (Å²) in [5.41, 5.74) is 2.86. The molecule has 37 heavy (non-hydrogen) atoms. The number of alkyl halides is 3. The molecule has 2 aromatic rings. The van der Waals surface area contributed by atoms with Gasteiger partial charge in [0.2, 0.25) is 0 Å². The van der Waals surface area contributed by atoms with Gasteiger partial charge < -0.3 is 14.7 Å². The zero-order chi connectivity index (χ0) is 26.7. The van der Waals surface area contributed by atoms with Crippen LogP contribution in [0.25, 0.3) is 0 Å². The van der Waals surface area contributed by atoms with E-state index in [2.05, 4.69) is 17.9 Å². The molecular weight excluding hydrogens is 483 g/mol. The Labute approximate surface area is 215 Å². The lowest BCUT2D eigenvalue weighted by Gasteiger charge is -2.49. The minimum absolute atomic E-state index is 0.0208. The summed E-state index contributed by atoms with van der Waals surface area (Å²) in [4.78, 5) is 17.3. The molecule has 2 saturated heterocycles. The van der Waals surface area contributed by atoms with Crippen molar-refractivity contribution in [2.75, 3.05) is 26.2 Å². The number of nitrogens with zero attached hydrogens (tertiary/aromatic N) is 3. The number of hydrogen-bond acceptors (Lipinski definition) is 5. The minimum Gasteiger partial charge on any atom is -0.491 e. The molecule has 2 aliphatic heterocycles. The molecule has 0 saturated carbocycles. The maximum Gasteiger partial charge on any atom is 0.416 e. The highest BCUT2D eigenvalue weighted by Gasteiger charge is 2.38. The van der Waals surface area contributed by atoms with Crippen LogP contribution in [0.2, 0.25) is 0 Å². The third-order valence-corrected chi connectivity index (χ3v) is 7.59. The molecular formula is C28H32F3N3O3. The van der Waals surface area contributed by atoms with Gasteiger partial charge in [-0.05, 0) is 80.1 Å². The predicted octanol–water partition coefficient (Wildman–Crippen LogP) is 5.03. The number of fused-ring (bicyclic) bond motifs is 1. The smallest absolute Gasteiger partial charge is 0.416 e. The number of carbonyl (C=O) groups is 1. The first-order chi connectivity index (χ1) is 17.6. The van der Waals surface area contributed by atoms with Crippen LogP contribution in [0.4, 0.5) is 13.2 Å². The zero-order valence-electron chi connectivity index (χ0n) is 21.1. The number of aliphatic hydroxyl groups excluding tert-OH is 1. The summed E-state index contributed by atoms with van der Waals surface area (Å²) in [6.07, 6.45) is -2.25. The topological polar surface area (TPSA) is 76.8 Å². The molecule has 2 heterocycles. The first kappa shape index (κ1) is 27.0. The molecule has 3 atom stereocenters. The van der Waals surface area contributed by atoms with E-state index in [1.165, 1.54) is 17.7 Å². The largest absolute Gasteiger partial charge is 0.491 e. The van der Waals surface area contributed by atoms with E-state index in [9.17, 15) is 23.1 Å². The average Bonchev–Trinajstić information content (AvgIpc) is 2.88. The summed E-state index contributed by atoms with van der Waals surface area (Å²) in [7, 11) is 0. The molecule has 0 aliphatic carbocycles. The molecule has 2 fully saturated rings. The van der Waals surface area contributed by atoms with Crippen molar-refractivity contribution >= 4 is 5.91 Å². The number of ether oxygens (including phenoxy) is 1. The van der Waals surface area contributed by atoms with Crippen LogP contribution in [0.15, 0.2) is 36.4 Å². The number of halogens is 3. The Morgan fingerprint density at radius 1 is 1.14 bits per heavy atom. The second-order valence-corrected chi connectivity index (χ2v) is 9.89. The van der Waals surface area contributed by atoms with Gasteiger partial charge in [-0.1, -0.05) is 6.07 Å². The molecule has 9 heteroatoms. The van der Waals surface area contributed by atoms with E-state index in [4.69, 9.17) is 10.00 Å². The molecule has 2 aliphatic rings. The molecule has 0 spiro atoms. The van der Waals surface area contributed by atoms with Gasteiger partial charge in [0, 0.05) is 37.3 Å². The Morgan fingerprint density at radius 3 is 2.54 bits per heavy atom. The van der Waals surface area contributed by atoms with Crippen LogP contribution >= 0.6 is 0 Å². The second-order valence-electron chi connectivity index (χ2n) is 9.89. The highest BCUT2D eigenvalue weighted by molar-refractivity contribution is 5.94. The molecule has 2 aromatic carbocycles. The van der Waals surface area contributed by atoms with Crippen molar-refractivity contribution in [3.05, 3.63) is 64.2 Å². The average molecular weight is 516 g/mol. The summed E-state index contributed by atoms with van der Waals surface area (Å²) in [6.45, 7) is 5.88. The van der Waals surface area contributed by atoms with E-state index in [1.54, 1.807) is 4.90 Å². The van der Waals surface area contributed by atoms with Crippen LogP contribution in [0.3, 0.4) is 0 Å². The van der Waals surface area contributed by atoms with Gasteiger partial charge in [0.15, 0.2) is 0 Å². The van der Waals surface area contributed by atoms with E-state index in [0.29, 0.717) is 25.4 Å². The second kappa shape index (κ2) is 11.1. The Balaban J connectivity index is 1.44. The zero-order valence-corrected chi connectivity index (χ0v) is 21.1. The number of benzene rings is 2. The summed E-state index contributed by atoms with van der Waals surface area (Å²) >= 11 is 0. The summed E-state index contributed by atoms with van der Waals surface area (Å²) < 4.78 is 44.4. The van der Waals surface area contributed by atoms with Crippen LogP contribution in [0, 0.1) is 25.2 Å². The van der Waals surface area contributed by atoms with Crippen molar-refractivity contribution in [3.63, 3.8) is 0 Å². The SMILES string of the molecule is Cc1c(OC[C@H](O)CC#N)ccc([C@H]2CCC[C@H]3CN(C(=O)c4ccc(C(F)(F)F)cc4)CCN32)c1C. The van der Waals surface area contributed by atoms with Crippen LogP contribution < -0.4 is 4.74 Å². The fourth-order valence-electron chi connectivity index (χ4n) is 5.44. The number of hydrogen-bond donors (Lipinski definition) is 1. The normalized spacial score (nSPS) is 21.2. The monoisotopic (exact) mass is 515 g/mol. The van der Waals surface area contributed by atoms with Crippen molar-refractivity contribution in [1.29, 1.82) is 5.26 Å². The highest BCUT2D eigenvalue weighted by atomic mass is 19.4. The van der Waals surface area contributed by atoms with E-state index in [0.717, 1.165) is 42.5 Å². The van der Waals surface area contributed by atoms with Gasteiger partial charge in [-0.25, -0.2) is 0 Å². The predicted molar refractivity (Wildman–Crippen MR) is 132 cm³/mol. The Kier molecular flexibility index (Phi) is 8.10. The van der Waals surface area contributed by atoms with Crippen LogP contribution in [0.5, 0.6) is 5.75 Å². The Bertz CT molecular complexity index is 1160. The number of piperidine rings is 1. The molecule has 1 amide bonds. The molecule has 198 valence electrons. The lowest BCUT2D eigenvalue weighted by Crippen LogP contribution is -2.57. The van der Waals surface area contributed by atoms with Crippen LogP contribution in [-0.2, 0) is 6.18 Å². The van der Waals surface area contributed by atoms with Gasteiger partial charge in [-0.3, -0.25) is 9.69 Å². The molecule has 0 radical (unpaired) electrons. The van der Waals surface area contributed by atoms with Gasteiger partial charge in [-0.2, -0.15) is 18.4 Å². The van der Waals surface area contributed by atoms with Crippen molar-refractivity contribution in [1.82, 2.24) is 9.80 Å². The first-order valence-corrected chi connectivity index (χ1v) is 12.6. The van der Waals surface area contributed by atoms with E-state index >= 15 is 0 Å². The fourth-order valence-corrected chi connectivity index (χ4v) is 5.44. The van der Waals surface area contributed by atoms with E-state index < -0.39 is 17.8 Å².